The molecule has 100 valence electrons. The Balaban J connectivity index is 2.92. The molecule has 0 aromatic carbocycles. The summed E-state index contributed by atoms with van der Waals surface area (Å²) in [6.07, 6.45) is 1.57. The van der Waals surface area contributed by atoms with Gasteiger partial charge in [0.15, 0.2) is 5.82 Å². The van der Waals surface area contributed by atoms with Crippen LogP contribution in [0.4, 0.5) is 5.82 Å². The molecule has 1 aromatic rings. The highest BCUT2D eigenvalue weighted by atomic mass is 32.1. The molecular weight excluding hydrogens is 252 g/mol. The van der Waals surface area contributed by atoms with Crippen LogP contribution in [0.3, 0.4) is 0 Å². The molecule has 0 amide bonds. The van der Waals surface area contributed by atoms with Gasteiger partial charge in [0.1, 0.15) is 4.99 Å². The van der Waals surface area contributed by atoms with E-state index >= 15 is 0 Å². The van der Waals surface area contributed by atoms with E-state index in [4.69, 9.17) is 27.4 Å². The van der Waals surface area contributed by atoms with Crippen LogP contribution in [0.25, 0.3) is 0 Å². The first-order valence-electron chi connectivity index (χ1n) is 5.55. The molecule has 2 N–H and O–H groups in total. The van der Waals surface area contributed by atoms with Crippen molar-refractivity contribution in [3.05, 3.63) is 17.8 Å². The van der Waals surface area contributed by atoms with Gasteiger partial charge in [-0.15, -0.1) is 5.10 Å². The molecule has 0 radical (unpaired) electrons. The topological polar surface area (TPSA) is 73.5 Å². The van der Waals surface area contributed by atoms with E-state index in [0.29, 0.717) is 42.7 Å². The Morgan fingerprint density at radius 3 is 2.44 bits per heavy atom. The molecule has 0 aliphatic carbocycles. The van der Waals surface area contributed by atoms with E-state index in [1.165, 1.54) is 0 Å². The third kappa shape index (κ3) is 4.17. The third-order valence-corrected chi connectivity index (χ3v) is 2.62. The first-order valence-corrected chi connectivity index (χ1v) is 5.95. The van der Waals surface area contributed by atoms with Crippen molar-refractivity contribution in [3.8, 4) is 0 Å². The second-order valence-electron chi connectivity index (χ2n) is 3.61. The van der Waals surface area contributed by atoms with Gasteiger partial charge in [-0.3, -0.25) is 0 Å². The van der Waals surface area contributed by atoms with Crippen LogP contribution in [0.1, 0.15) is 5.56 Å². The van der Waals surface area contributed by atoms with Crippen molar-refractivity contribution in [2.45, 2.75) is 0 Å². The molecule has 0 saturated heterocycles. The lowest BCUT2D eigenvalue weighted by Gasteiger charge is -2.24. The first kappa shape index (κ1) is 14.7. The van der Waals surface area contributed by atoms with Crippen molar-refractivity contribution in [2.24, 2.45) is 5.73 Å². The lowest BCUT2D eigenvalue weighted by Crippen LogP contribution is -2.33. The summed E-state index contributed by atoms with van der Waals surface area (Å²) in [5.74, 6) is 0.666. The lowest BCUT2D eigenvalue weighted by molar-refractivity contribution is 0.190. The first-order chi connectivity index (χ1) is 8.70. The van der Waals surface area contributed by atoms with Crippen molar-refractivity contribution in [3.63, 3.8) is 0 Å². The number of aromatic nitrogens is 2. The van der Waals surface area contributed by atoms with Gasteiger partial charge in [0.05, 0.1) is 25.0 Å². The quantitative estimate of drug-likeness (QED) is 0.677. The molecule has 0 bridgehead atoms. The van der Waals surface area contributed by atoms with Crippen LogP contribution >= 0.6 is 12.2 Å². The van der Waals surface area contributed by atoms with Crippen molar-refractivity contribution < 1.29 is 9.47 Å². The van der Waals surface area contributed by atoms with Gasteiger partial charge in [0, 0.05) is 27.3 Å². The largest absolute Gasteiger partial charge is 0.389 e. The SMILES string of the molecule is COCCN(CCOC)c1nnccc1C(N)=S. The number of ether oxygens (including phenoxy) is 2. The second-order valence-corrected chi connectivity index (χ2v) is 4.05. The summed E-state index contributed by atoms with van der Waals surface area (Å²) in [5.41, 5.74) is 6.40. The van der Waals surface area contributed by atoms with Crippen LogP contribution in [0.15, 0.2) is 12.3 Å². The van der Waals surface area contributed by atoms with Crippen molar-refractivity contribution in [2.75, 3.05) is 45.4 Å². The number of nitrogens with zero attached hydrogens (tertiary/aromatic N) is 3. The summed E-state index contributed by atoms with van der Waals surface area (Å²) in [6.45, 7) is 2.51. The van der Waals surface area contributed by atoms with Crippen LogP contribution < -0.4 is 10.6 Å². The van der Waals surface area contributed by atoms with E-state index in [-0.39, 0.29) is 0 Å². The molecule has 7 heteroatoms. The fraction of sp³-hybridized carbons (Fsp3) is 0.545. The summed E-state index contributed by atoms with van der Waals surface area (Å²) in [6, 6.07) is 1.76. The standard InChI is InChI=1S/C11H18N4O2S/c1-16-7-5-15(6-8-17-2)11-9(10(12)18)3-4-13-14-11/h3-4H,5-8H2,1-2H3,(H2,12,18). The van der Waals surface area contributed by atoms with E-state index in [2.05, 4.69) is 10.2 Å². The Bertz CT molecular complexity index is 381. The zero-order valence-electron chi connectivity index (χ0n) is 10.6. The van der Waals surface area contributed by atoms with Crippen molar-refractivity contribution >= 4 is 23.0 Å². The monoisotopic (exact) mass is 270 g/mol. The van der Waals surface area contributed by atoms with Crippen LogP contribution in [0.2, 0.25) is 0 Å². The molecule has 1 rings (SSSR count). The fourth-order valence-corrected chi connectivity index (χ4v) is 1.64. The number of anilines is 1. The van der Waals surface area contributed by atoms with E-state index in [1.807, 2.05) is 4.90 Å². The number of hydrogen-bond acceptors (Lipinski definition) is 6. The highest BCUT2D eigenvalue weighted by molar-refractivity contribution is 7.80. The van der Waals surface area contributed by atoms with Crippen molar-refractivity contribution in [1.29, 1.82) is 0 Å². The average Bonchev–Trinajstić information content (AvgIpc) is 2.39. The van der Waals surface area contributed by atoms with Gasteiger partial charge in [-0.1, -0.05) is 12.2 Å². The minimum Gasteiger partial charge on any atom is -0.389 e. The lowest BCUT2D eigenvalue weighted by atomic mass is 10.2. The number of rotatable bonds is 8. The molecule has 18 heavy (non-hydrogen) atoms. The van der Waals surface area contributed by atoms with Crippen molar-refractivity contribution in [1.82, 2.24) is 10.2 Å². The molecule has 0 unspecified atom stereocenters. The maximum Gasteiger partial charge on any atom is 0.161 e. The highest BCUT2D eigenvalue weighted by Crippen LogP contribution is 2.15. The van der Waals surface area contributed by atoms with Crippen LogP contribution in [-0.4, -0.2) is 55.7 Å². The van der Waals surface area contributed by atoms with Gasteiger partial charge < -0.3 is 20.1 Å². The van der Waals surface area contributed by atoms with Gasteiger partial charge >= 0.3 is 0 Å². The summed E-state index contributed by atoms with van der Waals surface area (Å²) < 4.78 is 10.2. The molecule has 1 aromatic heterocycles. The van der Waals surface area contributed by atoms with Gasteiger partial charge in [0.2, 0.25) is 0 Å². The zero-order valence-corrected chi connectivity index (χ0v) is 11.4. The van der Waals surface area contributed by atoms with E-state index in [1.54, 1.807) is 26.5 Å². The zero-order chi connectivity index (χ0) is 13.4. The number of thiocarbonyl (C=S) groups is 1. The van der Waals surface area contributed by atoms with Crippen LogP contribution in [0.5, 0.6) is 0 Å². The van der Waals surface area contributed by atoms with E-state index in [0.717, 1.165) is 0 Å². The van der Waals surface area contributed by atoms with Crippen LogP contribution in [0, 0.1) is 0 Å². The molecule has 0 spiro atoms. The van der Waals surface area contributed by atoms with Gasteiger partial charge in [0.25, 0.3) is 0 Å². The second kappa shape index (κ2) is 7.91. The normalized spacial score (nSPS) is 10.3. The summed E-state index contributed by atoms with van der Waals surface area (Å²) in [5, 5.41) is 7.98. The van der Waals surface area contributed by atoms with Gasteiger partial charge in [-0.25, -0.2) is 0 Å². The maximum absolute atomic E-state index is 5.68. The Morgan fingerprint density at radius 2 is 1.94 bits per heavy atom. The predicted octanol–water partition coefficient (Wildman–Crippen LogP) is 0.210. The molecule has 0 aliphatic heterocycles. The molecule has 0 atom stereocenters. The summed E-state index contributed by atoms with van der Waals surface area (Å²) in [7, 11) is 3.30. The predicted molar refractivity (Wildman–Crippen MR) is 73.9 cm³/mol. The number of hydrogen-bond donors (Lipinski definition) is 1. The van der Waals surface area contributed by atoms with Gasteiger partial charge in [-0.05, 0) is 6.07 Å². The summed E-state index contributed by atoms with van der Waals surface area (Å²) >= 11 is 5.01. The summed E-state index contributed by atoms with van der Waals surface area (Å²) in [4.78, 5) is 2.30. The number of nitrogens with two attached hydrogens (primary N) is 1. The smallest absolute Gasteiger partial charge is 0.161 e. The minimum absolute atomic E-state index is 0.305. The maximum atomic E-state index is 5.68. The minimum atomic E-state index is 0.305. The molecule has 6 nitrogen and oxygen atoms in total. The average molecular weight is 270 g/mol. The molecule has 0 aliphatic rings. The molecule has 0 fully saturated rings. The fourth-order valence-electron chi connectivity index (χ4n) is 1.48. The third-order valence-electron chi connectivity index (χ3n) is 2.40. The Morgan fingerprint density at radius 1 is 1.33 bits per heavy atom. The Hall–Kier alpha value is -1.31. The Labute approximate surface area is 112 Å². The molecule has 0 saturated carbocycles. The van der Waals surface area contributed by atoms with E-state index in [9.17, 15) is 0 Å². The molecule has 1 heterocycles. The molecular formula is C11H18N4O2S. The Kier molecular flexibility index (Phi) is 6.48. The highest BCUT2D eigenvalue weighted by Gasteiger charge is 2.14. The van der Waals surface area contributed by atoms with Gasteiger partial charge in [-0.2, -0.15) is 5.10 Å². The van der Waals surface area contributed by atoms with Crippen LogP contribution in [-0.2, 0) is 9.47 Å². The van der Waals surface area contributed by atoms with E-state index < -0.39 is 0 Å². The number of methoxy groups -OCH3 is 2.